The highest BCUT2D eigenvalue weighted by molar-refractivity contribution is 7.14. The topological polar surface area (TPSA) is 72.1 Å². The molecule has 0 aliphatic rings. The van der Waals surface area contributed by atoms with Gasteiger partial charge >= 0.3 is 0 Å². The Morgan fingerprint density at radius 1 is 1.04 bits per heavy atom. The second kappa shape index (κ2) is 7.74. The molecule has 0 amide bonds. The van der Waals surface area contributed by atoms with E-state index in [2.05, 4.69) is 20.3 Å². The van der Waals surface area contributed by atoms with E-state index < -0.39 is 0 Å². The van der Waals surface area contributed by atoms with Crippen molar-refractivity contribution in [3.05, 3.63) is 59.7 Å². The minimum atomic E-state index is 0.742. The van der Waals surface area contributed by atoms with Crippen LogP contribution in [0.15, 0.2) is 54.0 Å². The molecule has 0 aliphatic heterocycles. The van der Waals surface area contributed by atoms with Crippen molar-refractivity contribution < 1.29 is 9.47 Å². The summed E-state index contributed by atoms with van der Waals surface area (Å²) in [5, 5.41) is 6.19. The number of H-pyrrole nitrogens is 1. The Bertz CT molecular complexity index is 1090. The van der Waals surface area contributed by atoms with Crippen molar-refractivity contribution in [3.63, 3.8) is 0 Å². The molecule has 142 valence electrons. The number of rotatable bonds is 6. The van der Waals surface area contributed by atoms with Crippen molar-refractivity contribution >= 4 is 22.2 Å². The Balaban J connectivity index is 1.55. The molecule has 2 heterocycles. The Hall–Kier alpha value is -3.32. The van der Waals surface area contributed by atoms with Gasteiger partial charge in [0.2, 0.25) is 0 Å². The molecular weight excluding hydrogens is 372 g/mol. The molecule has 6 nitrogen and oxygen atoms in total. The fourth-order valence-corrected chi connectivity index (χ4v) is 3.60. The van der Waals surface area contributed by atoms with E-state index in [0.29, 0.717) is 0 Å². The lowest BCUT2D eigenvalue weighted by Crippen LogP contribution is -1.94. The van der Waals surface area contributed by atoms with E-state index in [1.165, 1.54) is 0 Å². The van der Waals surface area contributed by atoms with Gasteiger partial charge in [-0.05, 0) is 43.3 Å². The van der Waals surface area contributed by atoms with Gasteiger partial charge in [-0.3, -0.25) is 0 Å². The van der Waals surface area contributed by atoms with Gasteiger partial charge in [-0.15, -0.1) is 11.3 Å². The number of imidazole rings is 1. The summed E-state index contributed by atoms with van der Waals surface area (Å²) >= 11 is 1.55. The zero-order chi connectivity index (χ0) is 19.5. The van der Waals surface area contributed by atoms with Gasteiger partial charge in [-0.1, -0.05) is 0 Å². The molecule has 0 saturated carbocycles. The molecule has 4 rings (SSSR count). The summed E-state index contributed by atoms with van der Waals surface area (Å²) in [6.45, 7) is 1.97. The van der Waals surface area contributed by atoms with Gasteiger partial charge in [0.1, 0.15) is 17.3 Å². The molecule has 0 saturated heterocycles. The van der Waals surface area contributed by atoms with Crippen LogP contribution in [0.1, 0.15) is 5.69 Å². The molecule has 2 aromatic heterocycles. The van der Waals surface area contributed by atoms with Crippen molar-refractivity contribution in [2.45, 2.75) is 6.92 Å². The van der Waals surface area contributed by atoms with Crippen LogP contribution >= 0.6 is 11.3 Å². The second-order valence-electron chi connectivity index (χ2n) is 6.22. The normalized spacial score (nSPS) is 10.7. The Morgan fingerprint density at radius 2 is 1.86 bits per heavy atom. The van der Waals surface area contributed by atoms with Gasteiger partial charge in [-0.25, -0.2) is 9.97 Å². The Morgan fingerprint density at radius 3 is 2.54 bits per heavy atom. The molecule has 0 atom stereocenters. The lowest BCUT2D eigenvalue weighted by molar-refractivity contribution is 0.415. The summed E-state index contributed by atoms with van der Waals surface area (Å²) in [4.78, 5) is 12.3. The summed E-state index contributed by atoms with van der Waals surface area (Å²) in [6, 6.07) is 13.8. The van der Waals surface area contributed by atoms with Crippen LogP contribution in [-0.2, 0) is 0 Å². The van der Waals surface area contributed by atoms with Gasteiger partial charge in [-0.2, -0.15) is 0 Å². The number of nitrogens with one attached hydrogen (secondary N) is 2. The summed E-state index contributed by atoms with van der Waals surface area (Å²) < 4.78 is 10.8. The zero-order valence-electron chi connectivity index (χ0n) is 15.8. The first kappa shape index (κ1) is 18.1. The van der Waals surface area contributed by atoms with Crippen molar-refractivity contribution in [1.82, 2.24) is 15.0 Å². The van der Waals surface area contributed by atoms with Gasteiger partial charge < -0.3 is 19.8 Å². The molecule has 0 aliphatic carbocycles. The average molecular weight is 392 g/mol. The minimum Gasteiger partial charge on any atom is -0.497 e. The molecular formula is C21H20N4O2S. The van der Waals surface area contributed by atoms with Crippen LogP contribution in [0.25, 0.3) is 22.6 Å². The van der Waals surface area contributed by atoms with Gasteiger partial charge in [0, 0.05) is 34.6 Å². The molecule has 2 aromatic carbocycles. The number of thiazole rings is 1. The molecule has 0 spiro atoms. The highest BCUT2D eigenvalue weighted by atomic mass is 32.1. The summed E-state index contributed by atoms with van der Waals surface area (Å²) in [7, 11) is 3.32. The van der Waals surface area contributed by atoms with Gasteiger partial charge in [0.25, 0.3) is 0 Å². The van der Waals surface area contributed by atoms with E-state index in [0.717, 1.165) is 50.7 Å². The molecule has 4 aromatic rings. The number of aromatic nitrogens is 3. The van der Waals surface area contributed by atoms with Crippen LogP contribution in [-0.4, -0.2) is 29.2 Å². The molecule has 7 heteroatoms. The van der Waals surface area contributed by atoms with Crippen LogP contribution in [0.3, 0.4) is 0 Å². The largest absolute Gasteiger partial charge is 0.497 e. The van der Waals surface area contributed by atoms with Crippen LogP contribution in [0.2, 0.25) is 0 Å². The molecule has 0 unspecified atom stereocenters. The number of aromatic amines is 1. The summed E-state index contributed by atoms with van der Waals surface area (Å²) in [6.07, 6.45) is 1.80. The molecule has 0 bridgehead atoms. The van der Waals surface area contributed by atoms with Gasteiger partial charge in [0.05, 0.1) is 25.5 Å². The highest BCUT2D eigenvalue weighted by Crippen LogP contribution is 2.33. The number of anilines is 2. The first-order valence-electron chi connectivity index (χ1n) is 8.73. The SMILES string of the molecule is COc1ccc(-c2csc(Nc3ccc(-c4ncc(C)[nH]4)c(OC)c3)n2)cc1. The number of benzene rings is 2. The van der Waals surface area contributed by atoms with Crippen molar-refractivity contribution in [2.75, 3.05) is 19.5 Å². The van der Waals surface area contributed by atoms with E-state index in [9.17, 15) is 0 Å². The number of hydrogen-bond donors (Lipinski definition) is 2. The fraction of sp³-hybridized carbons (Fsp3) is 0.143. The standard InChI is InChI=1S/C21H20N4O2S/c1-13-11-22-20(23-13)17-9-6-15(10-19(17)27-3)24-21-25-18(12-28-21)14-4-7-16(26-2)8-5-14/h4-12H,1-3H3,(H,22,23)(H,24,25). The van der Waals surface area contributed by atoms with E-state index >= 15 is 0 Å². The first-order valence-corrected chi connectivity index (χ1v) is 9.61. The molecule has 28 heavy (non-hydrogen) atoms. The predicted octanol–water partition coefficient (Wildman–Crippen LogP) is 5.27. The predicted molar refractivity (Wildman–Crippen MR) is 113 cm³/mol. The van der Waals surface area contributed by atoms with Gasteiger partial charge in [0.15, 0.2) is 5.13 Å². The highest BCUT2D eigenvalue weighted by Gasteiger charge is 2.11. The summed E-state index contributed by atoms with van der Waals surface area (Å²) in [5.74, 6) is 2.36. The average Bonchev–Trinajstić information content (AvgIpc) is 3.37. The van der Waals surface area contributed by atoms with E-state index in [-0.39, 0.29) is 0 Å². The van der Waals surface area contributed by atoms with Crippen molar-refractivity contribution in [2.24, 2.45) is 0 Å². The van der Waals surface area contributed by atoms with Crippen LogP contribution in [0, 0.1) is 6.92 Å². The van der Waals surface area contributed by atoms with Crippen LogP contribution in [0.4, 0.5) is 10.8 Å². The monoisotopic (exact) mass is 392 g/mol. The number of aryl methyl sites for hydroxylation is 1. The minimum absolute atomic E-state index is 0.742. The lowest BCUT2D eigenvalue weighted by Gasteiger charge is -2.09. The number of ether oxygens (including phenoxy) is 2. The Labute approximate surface area is 167 Å². The quantitative estimate of drug-likeness (QED) is 0.468. The third kappa shape index (κ3) is 3.70. The fourth-order valence-electron chi connectivity index (χ4n) is 2.86. The maximum absolute atomic E-state index is 5.55. The van der Waals surface area contributed by atoms with E-state index in [4.69, 9.17) is 9.47 Å². The van der Waals surface area contributed by atoms with E-state index in [1.807, 2.05) is 54.8 Å². The summed E-state index contributed by atoms with van der Waals surface area (Å²) in [5.41, 5.74) is 4.79. The maximum atomic E-state index is 5.55. The Kier molecular flexibility index (Phi) is 4.99. The molecule has 2 N–H and O–H groups in total. The molecule has 0 radical (unpaired) electrons. The number of nitrogens with zero attached hydrogens (tertiary/aromatic N) is 2. The molecule has 0 fully saturated rings. The van der Waals surface area contributed by atoms with Crippen LogP contribution < -0.4 is 14.8 Å². The smallest absolute Gasteiger partial charge is 0.187 e. The third-order valence-corrected chi connectivity index (χ3v) is 5.06. The first-order chi connectivity index (χ1) is 13.7. The van der Waals surface area contributed by atoms with E-state index in [1.54, 1.807) is 31.8 Å². The van der Waals surface area contributed by atoms with Crippen molar-refractivity contribution in [3.8, 4) is 34.1 Å². The van der Waals surface area contributed by atoms with Crippen molar-refractivity contribution in [1.29, 1.82) is 0 Å². The number of methoxy groups -OCH3 is 2. The zero-order valence-corrected chi connectivity index (χ0v) is 16.6. The maximum Gasteiger partial charge on any atom is 0.187 e. The lowest BCUT2D eigenvalue weighted by atomic mass is 10.1. The second-order valence-corrected chi connectivity index (χ2v) is 7.08. The van der Waals surface area contributed by atoms with Crippen LogP contribution in [0.5, 0.6) is 11.5 Å². The number of hydrogen-bond acceptors (Lipinski definition) is 6. The third-order valence-electron chi connectivity index (χ3n) is 4.30.